The number of esters is 2. The molecule has 0 fully saturated rings. The molecular formula is C17H21N3O5S. The molecule has 140 valence electrons. The molecular weight excluding hydrogens is 358 g/mol. The highest BCUT2D eigenvalue weighted by Crippen LogP contribution is 2.34. The maximum absolute atomic E-state index is 12.4. The highest BCUT2D eigenvalue weighted by Gasteiger charge is 2.27. The predicted molar refractivity (Wildman–Crippen MR) is 96.6 cm³/mol. The van der Waals surface area contributed by atoms with E-state index >= 15 is 0 Å². The molecule has 0 aliphatic rings. The molecule has 0 aliphatic heterocycles. The van der Waals surface area contributed by atoms with Gasteiger partial charge in [0.1, 0.15) is 16.4 Å². The van der Waals surface area contributed by atoms with Gasteiger partial charge in [-0.25, -0.2) is 9.59 Å². The molecule has 2 aromatic heterocycles. The van der Waals surface area contributed by atoms with Crippen molar-refractivity contribution in [2.75, 3.05) is 19.0 Å². The first-order chi connectivity index (χ1) is 12.4. The number of anilines is 1. The molecule has 0 unspecified atom stereocenters. The lowest BCUT2D eigenvalue weighted by Crippen LogP contribution is -2.21. The van der Waals surface area contributed by atoms with Gasteiger partial charge in [-0.1, -0.05) is 6.92 Å². The van der Waals surface area contributed by atoms with Gasteiger partial charge in [-0.05, 0) is 31.9 Å². The van der Waals surface area contributed by atoms with E-state index in [2.05, 4.69) is 10.4 Å². The number of aryl methyl sites for hydroxylation is 1. The van der Waals surface area contributed by atoms with Crippen molar-refractivity contribution >= 4 is 34.2 Å². The van der Waals surface area contributed by atoms with E-state index in [0.717, 1.165) is 17.0 Å². The van der Waals surface area contributed by atoms with Crippen molar-refractivity contribution in [3.05, 3.63) is 34.0 Å². The molecule has 9 heteroatoms. The number of methoxy groups -OCH3 is 1. The minimum absolute atomic E-state index is 0.00716. The van der Waals surface area contributed by atoms with E-state index in [1.807, 2.05) is 13.8 Å². The molecule has 0 aliphatic carbocycles. The summed E-state index contributed by atoms with van der Waals surface area (Å²) < 4.78 is 11.5. The fraction of sp³-hybridized carbons (Fsp3) is 0.412. The van der Waals surface area contributed by atoms with Crippen LogP contribution >= 0.6 is 11.3 Å². The van der Waals surface area contributed by atoms with Gasteiger partial charge in [-0.2, -0.15) is 5.10 Å². The van der Waals surface area contributed by atoms with Crippen molar-refractivity contribution in [1.29, 1.82) is 0 Å². The van der Waals surface area contributed by atoms with Crippen molar-refractivity contribution in [3.8, 4) is 0 Å². The first-order valence-corrected chi connectivity index (χ1v) is 8.87. The van der Waals surface area contributed by atoms with Gasteiger partial charge < -0.3 is 14.8 Å². The Balaban J connectivity index is 2.30. The van der Waals surface area contributed by atoms with Gasteiger partial charge in [-0.3, -0.25) is 9.48 Å². The van der Waals surface area contributed by atoms with Crippen LogP contribution in [0.3, 0.4) is 0 Å². The topological polar surface area (TPSA) is 99.5 Å². The Hall–Kier alpha value is -2.68. The van der Waals surface area contributed by atoms with Crippen LogP contribution < -0.4 is 5.32 Å². The molecule has 0 saturated heterocycles. The first-order valence-electron chi connectivity index (χ1n) is 8.06. The van der Waals surface area contributed by atoms with E-state index in [0.29, 0.717) is 12.0 Å². The van der Waals surface area contributed by atoms with Crippen LogP contribution in [0.15, 0.2) is 12.3 Å². The van der Waals surface area contributed by atoms with E-state index in [9.17, 15) is 14.4 Å². The molecule has 1 N–H and O–H groups in total. The monoisotopic (exact) mass is 379 g/mol. The molecule has 8 nitrogen and oxygen atoms in total. The van der Waals surface area contributed by atoms with Crippen LogP contribution in [-0.2, 0) is 20.8 Å². The van der Waals surface area contributed by atoms with E-state index in [4.69, 9.17) is 9.47 Å². The Bertz CT molecular complexity index is 824. The second-order valence-electron chi connectivity index (χ2n) is 5.57. The quantitative estimate of drug-likeness (QED) is 0.742. The van der Waals surface area contributed by atoms with Crippen LogP contribution in [0.25, 0.3) is 0 Å². The van der Waals surface area contributed by atoms with E-state index in [1.165, 1.54) is 11.8 Å². The third-order valence-electron chi connectivity index (χ3n) is 3.63. The Morgan fingerprint density at radius 3 is 2.58 bits per heavy atom. The average Bonchev–Trinajstić information content (AvgIpc) is 3.15. The fourth-order valence-corrected chi connectivity index (χ4v) is 3.40. The average molecular weight is 379 g/mol. The third kappa shape index (κ3) is 4.29. The summed E-state index contributed by atoms with van der Waals surface area (Å²) >= 11 is 0.989. The summed E-state index contributed by atoms with van der Waals surface area (Å²) in [6.45, 7) is 5.58. The normalized spacial score (nSPS) is 10.5. The Labute approximate surface area is 155 Å². The van der Waals surface area contributed by atoms with Crippen molar-refractivity contribution < 1.29 is 23.9 Å². The van der Waals surface area contributed by atoms with Gasteiger partial charge in [0.2, 0.25) is 5.91 Å². The molecule has 0 aromatic carbocycles. The van der Waals surface area contributed by atoms with Crippen LogP contribution in [0.5, 0.6) is 0 Å². The summed E-state index contributed by atoms with van der Waals surface area (Å²) in [6, 6.07) is 1.78. The van der Waals surface area contributed by atoms with Crippen LogP contribution in [-0.4, -0.2) is 41.3 Å². The molecule has 0 bridgehead atoms. The van der Waals surface area contributed by atoms with Crippen molar-refractivity contribution in [2.45, 2.75) is 33.7 Å². The number of thiophene rings is 1. The summed E-state index contributed by atoms with van der Waals surface area (Å²) in [5.74, 6) is -1.51. The number of hydrogen-bond acceptors (Lipinski definition) is 7. The lowest BCUT2D eigenvalue weighted by atomic mass is 10.1. The van der Waals surface area contributed by atoms with Gasteiger partial charge in [0.15, 0.2) is 0 Å². The summed E-state index contributed by atoms with van der Waals surface area (Å²) in [5.41, 5.74) is 1.43. The highest BCUT2D eigenvalue weighted by atomic mass is 32.1. The smallest absolute Gasteiger partial charge is 0.348 e. The van der Waals surface area contributed by atoms with Gasteiger partial charge in [0, 0.05) is 11.9 Å². The van der Waals surface area contributed by atoms with Crippen LogP contribution in [0.1, 0.15) is 44.6 Å². The molecule has 26 heavy (non-hydrogen) atoms. The standard InChI is InChI=1S/C17H21N3O5S/c1-5-8-25-16(22)13-11(3)14(17(23)24-4)26-15(13)19-12(21)9-20-10(2)6-7-18-20/h6-7H,5,8-9H2,1-4H3,(H,19,21). The van der Waals surface area contributed by atoms with Crippen molar-refractivity contribution in [3.63, 3.8) is 0 Å². The lowest BCUT2D eigenvalue weighted by molar-refractivity contribution is -0.116. The van der Waals surface area contributed by atoms with Gasteiger partial charge >= 0.3 is 11.9 Å². The highest BCUT2D eigenvalue weighted by molar-refractivity contribution is 7.18. The van der Waals surface area contributed by atoms with Crippen molar-refractivity contribution in [1.82, 2.24) is 9.78 Å². The number of carbonyl (C=O) groups is 3. The minimum atomic E-state index is -0.582. The zero-order valence-corrected chi connectivity index (χ0v) is 15.9. The summed E-state index contributed by atoms with van der Waals surface area (Å²) in [7, 11) is 1.26. The second kappa shape index (κ2) is 8.61. The SMILES string of the molecule is CCCOC(=O)c1c(NC(=O)Cn2nccc2C)sc(C(=O)OC)c1C. The second-order valence-corrected chi connectivity index (χ2v) is 6.59. The molecule has 0 radical (unpaired) electrons. The van der Waals surface area contributed by atoms with Crippen LogP contribution in [0, 0.1) is 13.8 Å². The number of carbonyl (C=O) groups excluding carboxylic acids is 3. The van der Waals surface area contributed by atoms with E-state index in [1.54, 1.807) is 19.2 Å². The minimum Gasteiger partial charge on any atom is -0.465 e. The lowest BCUT2D eigenvalue weighted by Gasteiger charge is -2.08. The Morgan fingerprint density at radius 1 is 1.27 bits per heavy atom. The number of nitrogens with zero attached hydrogens (tertiary/aromatic N) is 2. The molecule has 0 saturated carbocycles. The van der Waals surface area contributed by atoms with Crippen LogP contribution in [0.2, 0.25) is 0 Å². The first kappa shape index (κ1) is 19.6. The van der Waals surface area contributed by atoms with E-state index in [-0.39, 0.29) is 34.5 Å². The number of rotatable bonds is 7. The summed E-state index contributed by atoms with van der Waals surface area (Å²) in [5, 5.41) is 7.00. The fourth-order valence-electron chi connectivity index (χ4n) is 2.27. The number of amides is 1. The van der Waals surface area contributed by atoms with Gasteiger partial charge in [0.25, 0.3) is 0 Å². The van der Waals surface area contributed by atoms with E-state index < -0.39 is 11.9 Å². The maximum atomic E-state index is 12.4. The molecule has 0 spiro atoms. The summed E-state index contributed by atoms with van der Waals surface area (Å²) in [4.78, 5) is 36.9. The largest absolute Gasteiger partial charge is 0.465 e. The molecule has 2 rings (SSSR count). The maximum Gasteiger partial charge on any atom is 0.348 e. The zero-order valence-electron chi connectivity index (χ0n) is 15.1. The predicted octanol–water partition coefficient (Wildman–Crippen LogP) is 2.55. The Kier molecular flexibility index (Phi) is 6.51. The zero-order chi connectivity index (χ0) is 19.3. The summed E-state index contributed by atoms with van der Waals surface area (Å²) in [6.07, 6.45) is 2.26. The van der Waals surface area contributed by atoms with Gasteiger partial charge in [0.05, 0.1) is 19.3 Å². The number of aromatic nitrogens is 2. The van der Waals surface area contributed by atoms with Gasteiger partial charge in [-0.15, -0.1) is 11.3 Å². The molecule has 2 aromatic rings. The third-order valence-corrected chi connectivity index (χ3v) is 4.82. The molecule has 0 atom stereocenters. The molecule has 1 amide bonds. The Morgan fingerprint density at radius 2 is 2.00 bits per heavy atom. The number of nitrogens with one attached hydrogen (secondary N) is 1. The van der Waals surface area contributed by atoms with Crippen molar-refractivity contribution in [2.24, 2.45) is 0 Å². The number of hydrogen-bond donors (Lipinski definition) is 1. The van der Waals surface area contributed by atoms with Crippen LogP contribution in [0.4, 0.5) is 5.00 Å². The number of ether oxygens (including phenoxy) is 2. The molecule has 2 heterocycles.